The Morgan fingerprint density at radius 1 is 1.21 bits per heavy atom. The summed E-state index contributed by atoms with van der Waals surface area (Å²) in [5.41, 5.74) is -1.79. The summed E-state index contributed by atoms with van der Waals surface area (Å²) in [5.74, 6) is -1.62. The molecule has 3 N–H and O–H groups in total. The summed E-state index contributed by atoms with van der Waals surface area (Å²) in [7, 11) is 0. The van der Waals surface area contributed by atoms with Crippen LogP contribution in [-0.2, 0) is 23.5 Å². The molecule has 0 bridgehead atoms. The first-order chi connectivity index (χ1) is 13.9. The third-order valence-corrected chi connectivity index (χ3v) is 4.10. The van der Waals surface area contributed by atoms with E-state index in [-0.39, 0.29) is 24.6 Å². The zero-order valence-electron chi connectivity index (χ0n) is 14.9. The van der Waals surface area contributed by atoms with Gasteiger partial charge in [0, 0.05) is 11.6 Å². The van der Waals surface area contributed by atoms with E-state index in [9.17, 15) is 18.7 Å². The van der Waals surface area contributed by atoms with Crippen molar-refractivity contribution in [3.05, 3.63) is 60.4 Å². The first-order valence-corrected chi connectivity index (χ1v) is 8.69. The largest absolute Gasteiger partial charge is 0.381 e. The Kier molecular flexibility index (Phi) is 6.19. The minimum atomic E-state index is -1.72. The number of carbonyl (C=O) groups is 1. The molecule has 1 aliphatic rings. The number of aliphatic hydroxyl groups is 1. The van der Waals surface area contributed by atoms with Gasteiger partial charge in [-0.3, -0.25) is 4.79 Å². The van der Waals surface area contributed by atoms with Crippen LogP contribution in [0.5, 0.6) is 0 Å². The number of nitrogens with one attached hydrogen (secondary N) is 2. The molecule has 1 aromatic carbocycles. The predicted octanol–water partition coefficient (Wildman–Crippen LogP) is -0.273. The summed E-state index contributed by atoms with van der Waals surface area (Å²) < 4.78 is 28.6. The topological polar surface area (TPSA) is 123 Å². The van der Waals surface area contributed by atoms with Crippen molar-refractivity contribution in [1.29, 1.82) is 0 Å². The van der Waals surface area contributed by atoms with Crippen molar-refractivity contribution in [1.82, 2.24) is 40.4 Å². The van der Waals surface area contributed by atoms with E-state index in [0.717, 1.165) is 12.1 Å². The quantitative estimate of drug-likeness (QED) is 0.480. The lowest BCUT2D eigenvalue weighted by atomic mass is 9.93. The standard InChI is InChI=1S/C13H12F2N6O.C3H4N2OS/c14-10-1-2-11(12(15)5-10)13(22,6-20-9-16-8-19-20)7-21-17-3-4-18-21;6-2-1-4-3(7)5-2/h1-5,8-9,22H,6-7H2;1H2,(H2,4,5,6,7). The van der Waals surface area contributed by atoms with E-state index in [1.54, 1.807) is 0 Å². The Morgan fingerprint density at radius 2 is 1.97 bits per heavy atom. The van der Waals surface area contributed by atoms with Gasteiger partial charge in [-0.15, -0.1) is 0 Å². The second kappa shape index (κ2) is 8.79. The van der Waals surface area contributed by atoms with Crippen LogP contribution in [0, 0.1) is 11.6 Å². The minimum Gasteiger partial charge on any atom is -0.381 e. The Bertz CT molecular complexity index is 931. The van der Waals surface area contributed by atoms with Crippen LogP contribution in [0.15, 0.2) is 43.2 Å². The van der Waals surface area contributed by atoms with Crippen molar-refractivity contribution in [2.24, 2.45) is 0 Å². The fourth-order valence-electron chi connectivity index (χ4n) is 2.60. The number of hydrogen-bond donors (Lipinski definition) is 3. The van der Waals surface area contributed by atoms with Crippen molar-refractivity contribution in [2.45, 2.75) is 18.7 Å². The van der Waals surface area contributed by atoms with Crippen LogP contribution in [-0.4, -0.2) is 52.4 Å². The molecule has 4 rings (SSSR count). The zero-order chi connectivity index (χ0) is 20.9. The van der Waals surface area contributed by atoms with Crippen molar-refractivity contribution < 1.29 is 18.7 Å². The highest BCUT2D eigenvalue weighted by molar-refractivity contribution is 7.80. The maximum absolute atomic E-state index is 14.1. The average molecular weight is 422 g/mol. The van der Waals surface area contributed by atoms with Gasteiger partial charge in [0.25, 0.3) is 0 Å². The van der Waals surface area contributed by atoms with Crippen LogP contribution in [0.3, 0.4) is 0 Å². The number of hydrogen-bond acceptors (Lipinski definition) is 7. The molecule has 0 radical (unpaired) electrons. The molecule has 13 heteroatoms. The van der Waals surface area contributed by atoms with Gasteiger partial charge >= 0.3 is 0 Å². The monoisotopic (exact) mass is 422 g/mol. The molecule has 1 amide bonds. The highest BCUT2D eigenvalue weighted by Crippen LogP contribution is 2.28. The molecule has 1 unspecified atom stereocenters. The smallest absolute Gasteiger partial charge is 0.245 e. The van der Waals surface area contributed by atoms with E-state index in [1.165, 1.54) is 40.6 Å². The lowest BCUT2D eigenvalue weighted by molar-refractivity contribution is -0.117. The number of carbonyl (C=O) groups excluding carboxylic acids is 1. The number of thiocarbonyl (C=S) groups is 1. The third kappa shape index (κ3) is 5.36. The molecule has 0 aliphatic carbocycles. The molecule has 0 spiro atoms. The summed E-state index contributed by atoms with van der Waals surface area (Å²) in [5, 5.41) is 28.1. The maximum atomic E-state index is 14.1. The Hall–Kier alpha value is -3.32. The lowest BCUT2D eigenvalue weighted by Gasteiger charge is -2.28. The fraction of sp³-hybridized carbons (Fsp3) is 0.250. The van der Waals surface area contributed by atoms with Gasteiger partial charge in [-0.05, 0) is 18.3 Å². The molecule has 29 heavy (non-hydrogen) atoms. The van der Waals surface area contributed by atoms with Crippen molar-refractivity contribution in [2.75, 3.05) is 6.54 Å². The number of benzene rings is 1. The molecule has 1 aliphatic heterocycles. The summed E-state index contributed by atoms with van der Waals surface area (Å²) in [6, 6.07) is 3.00. The fourth-order valence-corrected chi connectivity index (χ4v) is 2.79. The highest BCUT2D eigenvalue weighted by Gasteiger charge is 2.34. The summed E-state index contributed by atoms with van der Waals surface area (Å²) in [4.78, 5) is 15.2. The predicted molar refractivity (Wildman–Crippen MR) is 99.0 cm³/mol. The van der Waals surface area contributed by atoms with Crippen LogP contribution in [0.4, 0.5) is 8.78 Å². The Balaban J connectivity index is 0.000000290. The van der Waals surface area contributed by atoms with Crippen LogP contribution < -0.4 is 10.6 Å². The average Bonchev–Trinajstić information content (AvgIpc) is 3.40. The van der Waals surface area contributed by atoms with Gasteiger partial charge in [-0.1, -0.05) is 6.07 Å². The van der Waals surface area contributed by atoms with Crippen LogP contribution in [0.25, 0.3) is 0 Å². The molecular weight excluding hydrogens is 406 g/mol. The van der Waals surface area contributed by atoms with E-state index < -0.39 is 17.2 Å². The SMILES string of the molecule is O=C1CNC(=S)N1.OC(Cn1cncn1)(Cn1nccn1)c1ccc(F)cc1F. The molecule has 0 saturated carbocycles. The van der Waals surface area contributed by atoms with Crippen molar-refractivity contribution >= 4 is 23.2 Å². The molecule has 3 heterocycles. The summed E-state index contributed by atoms with van der Waals surface area (Å²) >= 11 is 4.55. The summed E-state index contributed by atoms with van der Waals surface area (Å²) in [6.45, 7) is 0.123. The minimum absolute atomic E-state index is 0.0509. The number of nitrogens with zero attached hydrogens (tertiary/aromatic N) is 6. The zero-order valence-corrected chi connectivity index (χ0v) is 15.7. The number of amides is 1. The van der Waals surface area contributed by atoms with E-state index in [0.29, 0.717) is 11.7 Å². The Morgan fingerprint density at radius 3 is 2.48 bits per heavy atom. The van der Waals surface area contributed by atoms with Gasteiger partial charge in [-0.2, -0.15) is 20.1 Å². The van der Waals surface area contributed by atoms with Gasteiger partial charge in [0.1, 0.15) is 29.9 Å². The van der Waals surface area contributed by atoms with Gasteiger partial charge in [0.05, 0.1) is 32.0 Å². The molecule has 1 atom stereocenters. The van der Waals surface area contributed by atoms with Crippen molar-refractivity contribution in [3.63, 3.8) is 0 Å². The second-order valence-electron chi connectivity index (χ2n) is 6.04. The lowest BCUT2D eigenvalue weighted by Crippen LogP contribution is -2.38. The third-order valence-electron chi connectivity index (χ3n) is 3.85. The molecule has 2 aromatic heterocycles. The van der Waals surface area contributed by atoms with E-state index in [1.807, 2.05) is 0 Å². The van der Waals surface area contributed by atoms with E-state index >= 15 is 0 Å². The van der Waals surface area contributed by atoms with Gasteiger partial charge in [0.15, 0.2) is 5.11 Å². The van der Waals surface area contributed by atoms with Gasteiger partial charge in [-0.25, -0.2) is 18.4 Å². The Labute approximate surface area is 168 Å². The molecule has 10 nitrogen and oxygen atoms in total. The van der Waals surface area contributed by atoms with Crippen LogP contribution in [0.2, 0.25) is 0 Å². The van der Waals surface area contributed by atoms with Gasteiger partial charge in [0.2, 0.25) is 5.91 Å². The second-order valence-corrected chi connectivity index (χ2v) is 6.45. The number of rotatable bonds is 5. The van der Waals surface area contributed by atoms with Crippen LogP contribution in [0.1, 0.15) is 5.56 Å². The first kappa shape index (κ1) is 20.4. The number of aromatic nitrogens is 6. The number of halogens is 2. The highest BCUT2D eigenvalue weighted by atomic mass is 32.1. The summed E-state index contributed by atoms with van der Waals surface area (Å²) in [6.07, 6.45) is 5.57. The maximum Gasteiger partial charge on any atom is 0.245 e. The molecule has 152 valence electrons. The van der Waals surface area contributed by atoms with Crippen molar-refractivity contribution in [3.8, 4) is 0 Å². The molecule has 1 saturated heterocycles. The van der Waals surface area contributed by atoms with Gasteiger partial charge < -0.3 is 15.7 Å². The normalized spacial score (nSPS) is 15.1. The molecular formula is C16H16F2N8O2S. The van der Waals surface area contributed by atoms with E-state index in [2.05, 4.69) is 43.1 Å². The first-order valence-electron chi connectivity index (χ1n) is 8.28. The van der Waals surface area contributed by atoms with Crippen LogP contribution >= 0.6 is 12.2 Å². The van der Waals surface area contributed by atoms with E-state index in [4.69, 9.17) is 0 Å². The molecule has 1 fully saturated rings. The molecule has 3 aromatic rings.